The molecule has 4 rings (SSSR count). The highest BCUT2D eigenvalue weighted by molar-refractivity contribution is 9.09. The van der Waals surface area contributed by atoms with Crippen LogP contribution in [0.25, 0.3) is 22.3 Å². The zero-order chi connectivity index (χ0) is 26.7. The molecular formula is C24H14Cl4O4S5. The van der Waals surface area contributed by atoms with Crippen LogP contribution in [0, 0.1) is 0 Å². The van der Waals surface area contributed by atoms with Crippen LogP contribution in [0.2, 0.25) is 20.1 Å². The SMILES string of the molecule is O=S(O)c1cc(Cl)ccc1-c1cc(SSSc2ccc(Cl)c(-c3ccc(Cl)cc3S(=O)O)c2)ccc1Cl. The average molecular weight is 669 g/mol. The summed E-state index contributed by atoms with van der Waals surface area (Å²) in [7, 11) is 4.46. The molecule has 0 spiro atoms. The molecule has 0 amide bonds. The van der Waals surface area contributed by atoms with Crippen LogP contribution >= 0.6 is 77.8 Å². The molecule has 0 bridgehead atoms. The Morgan fingerprint density at radius 1 is 0.541 bits per heavy atom. The average Bonchev–Trinajstić information content (AvgIpc) is 2.86. The van der Waals surface area contributed by atoms with Crippen LogP contribution in [0.3, 0.4) is 0 Å². The van der Waals surface area contributed by atoms with Crippen molar-refractivity contribution in [2.45, 2.75) is 19.6 Å². The first-order valence-electron chi connectivity index (χ1n) is 10.1. The van der Waals surface area contributed by atoms with Crippen molar-refractivity contribution in [2.24, 2.45) is 0 Å². The summed E-state index contributed by atoms with van der Waals surface area (Å²) in [4.78, 5) is 2.12. The van der Waals surface area contributed by atoms with Gasteiger partial charge < -0.3 is 9.11 Å². The fourth-order valence-electron chi connectivity index (χ4n) is 3.35. The first-order chi connectivity index (χ1) is 17.6. The lowest BCUT2D eigenvalue weighted by Crippen LogP contribution is -1.94. The molecule has 192 valence electrons. The molecule has 13 heteroatoms. The molecule has 0 aliphatic carbocycles. The van der Waals surface area contributed by atoms with Crippen molar-refractivity contribution in [1.82, 2.24) is 0 Å². The van der Waals surface area contributed by atoms with Crippen LogP contribution in [-0.2, 0) is 22.2 Å². The van der Waals surface area contributed by atoms with Crippen molar-refractivity contribution >= 4 is 100.0 Å². The highest BCUT2D eigenvalue weighted by atomic mass is 35.5. The summed E-state index contributed by atoms with van der Waals surface area (Å²) in [6.45, 7) is 0. The molecule has 0 fully saturated rings. The van der Waals surface area contributed by atoms with Gasteiger partial charge in [0.05, 0.1) is 9.79 Å². The second-order valence-corrected chi connectivity index (χ2v) is 14.9. The maximum Gasteiger partial charge on any atom is 0.187 e. The van der Waals surface area contributed by atoms with Crippen LogP contribution in [0.1, 0.15) is 0 Å². The molecule has 2 atom stereocenters. The summed E-state index contributed by atoms with van der Waals surface area (Å²) in [6, 6.07) is 20.4. The Morgan fingerprint density at radius 2 is 0.946 bits per heavy atom. The fourth-order valence-corrected chi connectivity index (χ4v) is 9.13. The van der Waals surface area contributed by atoms with Crippen LogP contribution in [0.5, 0.6) is 0 Å². The molecule has 4 aromatic carbocycles. The molecule has 0 radical (unpaired) electrons. The van der Waals surface area contributed by atoms with E-state index in [2.05, 4.69) is 0 Å². The lowest BCUT2D eigenvalue weighted by Gasteiger charge is -2.12. The van der Waals surface area contributed by atoms with Gasteiger partial charge in [0, 0.05) is 52.1 Å². The Balaban J connectivity index is 1.55. The Hall–Kier alpha value is -0.690. The predicted molar refractivity (Wildman–Crippen MR) is 161 cm³/mol. The number of rotatable bonds is 8. The van der Waals surface area contributed by atoms with E-state index in [0.717, 1.165) is 9.79 Å². The molecule has 0 heterocycles. The van der Waals surface area contributed by atoms with E-state index in [-0.39, 0.29) is 9.79 Å². The summed E-state index contributed by atoms with van der Waals surface area (Å²) in [5.74, 6) is 0. The number of hydrogen-bond acceptors (Lipinski definition) is 5. The van der Waals surface area contributed by atoms with Gasteiger partial charge in [-0.15, -0.1) is 0 Å². The van der Waals surface area contributed by atoms with E-state index in [1.54, 1.807) is 36.4 Å². The Morgan fingerprint density at radius 3 is 1.32 bits per heavy atom. The fraction of sp³-hybridized carbons (Fsp3) is 0. The molecule has 37 heavy (non-hydrogen) atoms. The highest BCUT2D eigenvalue weighted by Gasteiger charge is 2.16. The minimum atomic E-state index is -2.23. The van der Waals surface area contributed by atoms with Crippen molar-refractivity contribution in [3.63, 3.8) is 0 Å². The second kappa shape index (κ2) is 13.1. The summed E-state index contributed by atoms with van der Waals surface area (Å²) < 4.78 is 43.1. The van der Waals surface area contributed by atoms with E-state index in [9.17, 15) is 17.5 Å². The van der Waals surface area contributed by atoms with Gasteiger partial charge in [0.2, 0.25) is 0 Å². The van der Waals surface area contributed by atoms with Gasteiger partial charge in [-0.25, -0.2) is 8.42 Å². The third kappa shape index (κ3) is 7.29. The van der Waals surface area contributed by atoms with E-state index >= 15 is 0 Å². The number of halogens is 4. The molecule has 0 saturated carbocycles. The van der Waals surface area contributed by atoms with Crippen molar-refractivity contribution in [3.05, 3.63) is 92.9 Å². The predicted octanol–water partition coefficient (Wildman–Crippen LogP) is 10.2. The molecule has 2 N–H and O–H groups in total. The van der Waals surface area contributed by atoms with Crippen LogP contribution in [-0.4, -0.2) is 17.5 Å². The standard InChI is InChI=1S/C24H14Cl4O4S5/c25-13-1-5-17(23(9-13)36(29)30)19-11-15(3-7-21(19)27)33-35-34-16-4-8-22(28)20(12-16)18-6-2-14(26)10-24(18)37(31)32/h1-12H,(H,29,30)(H,31,32). The quantitative estimate of drug-likeness (QED) is 0.143. The van der Waals surface area contributed by atoms with Gasteiger partial charge >= 0.3 is 0 Å². The van der Waals surface area contributed by atoms with Crippen molar-refractivity contribution in [1.29, 1.82) is 0 Å². The molecule has 0 aliphatic rings. The normalized spacial score (nSPS) is 12.9. The van der Waals surface area contributed by atoms with Gasteiger partial charge in [0.1, 0.15) is 0 Å². The van der Waals surface area contributed by atoms with E-state index in [1.807, 2.05) is 24.3 Å². The smallest absolute Gasteiger partial charge is 0.187 e. The van der Waals surface area contributed by atoms with E-state index in [4.69, 9.17) is 46.4 Å². The van der Waals surface area contributed by atoms with E-state index in [0.29, 0.717) is 42.3 Å². The van der Waals surface area contributed by atoms with Crippen molar-refractivity contribution in [3.8, 4) is 22.3 Å². The third-order valence-corrected chi connectivity index (χ3v) is 11.4. The summed E-state index contributed by atoms with van der Waals surface area (Å²) in [5.41, 5.74) is 2.29. The van der Waals surface area contributed by atoms with Gasteiger partial charge in [0.25, 0.3) is 0 Å². The van der Waals surface area contributed by atoms with Gasteiger partial charge in [-0.3, -0.25) is 0 Å². The van der Waals surface area contributed by atoms with Crippen LogP contribution in [0.4, 0.5) is 0 Å². The number of hydrogen-bond donors (Lipinski definition) is 2. The summed E-state index contributed by atoms with van der Waals surface area (Å²) >= 11 is 20.4. The zero-order valence-corrected chi connectivity index (χ0v) is 25.3. The Labute approximate surface area is 250 Å². The van der Waals surface area contributed by atoms with Gasteiger partial charge in [-0.1, -0.05) is 58.5 Å². The lowest BCUT2D eigenvalue weighted by molar-refractivity contribution is 0.563. The van der Waals surface area contributed by atoms with E-state index in [1.165, 1.54) is 43.5 Å². The third-order valence-electron chi connectivity index (χ3n) is 4.98. The monoisotopic (exact) mass is 666 g/mol. The van der Waals surface area contributed by atoms with Gasteiger partial charge in [0.15, 0.2) is 22.2 Å². The van der Waals surface area contributed by atoms with Crippen molar-refractivity contribution < 1.29 is 17.5 Å². The first-order valence-corrected chi connectivity index (χ1v) is 17.3. The molecule has 2 unspecified atom stereocenters. The lowest BCUT2D eigenvalue weighted by atomic mass is 10.1. The Kier molecular flexibility index (Phi) is 10.4. The number of benzene rings is 4. The zero-order valence-electron chi connectivity index (χ0n) is 18.2. The van der Waals surface area contributed by atoms with Gasteiger partial charge in [-0.05, 0) is 92.1 Å². The summed E-state index contributed by atoms with van der Waals surface area (Å²) in [5, 5.41) is 1.60. The molecule has 0 aromatic heterocycles. The molecular weight excluding hydrogens is 654 g/mol. The highest BCUT2D eigenvalue weighted by Crippen LogP contribution is 2.47. The van der Waals surface area contributed by atoms with Crippen molar-refractivity contribution in [2.75, 3.05) is 0 Å². The van der Waals surface area contributed by atoms with Gasteiger partial charge in [-0.2, -0.15) is 0 Å². The van der Waals surface area contributed by atoms with E-state index < -0.39 is 22.2 Å². The molecule has 0 saturated heterocycles. The summed E-state index contributed by atoms with van der Waals surface area (Å²) in [6.07, 6.45) is 0. The van der Waals surface area contributed by atoms with Crippen LogP contribution in [0.15, 0.2) is 92.4 Å². The maximum absolute atomic E-state index is 11.9. The largest absolute Gasteiger partial charge is 0.302 e. The molecule has 4 nitrogen and oxygen atoms in total. The molecule has 0 aliphatic heterocycles. The second-order valence-electron chi connectivity index (χ2n) is 7.30. The minimum Gasteiger partial charge on any atom is -0.302 e. The molecule has 4 aromatic rings. The maximum atomic E-state index is 11.9. The minimum absolute atomic E-state index is 0.178. The topological polar surface area (TPSA) is 74.6 Å². The van der Waals surface area contributed by atoms with Crippen LogP contribution < -0.4 is 0 Å². The first kappa shape index (κ1) is 29.3. The Bertz CT molecular complexity index is 1420.